The number of nitrogens with zero attached hydrogens (tertiary/aromatic N) is 3. The van der Waals surface area contributed by atoms with Crippen LogP contribution in [0.15, 0.2) is 41.2 Å². The van der Waals surface area contributed by atoms with Crippen molar-refractivity contribution >= 4 is 23.0 Å². The summed E-state index contributed by atoms with van der Waals surface area (Å²) in [5, 5.41) is 27.9. The average molecular weight is 345 g/mol. The lowest BCUT2D eigenvalue weighted by molar-refractivity contribution is 0.0597. The van der Waals surface area contributed by atoms with Gasteiger partial charge in [0, 0.05) is 6.20 Å². The highest BCUT2D eigenvalue weighted by atomic mass is 32.1. The van der Waals surface area contributed by atoms with Gasteiger partial charge in [-0.3, -0.25) is 4.40 Å². The number of nitrogens with one attached hydrogen (secondary N) is 2. The number of carbonyl (C=O) groups excluding carboxylic acids is 1. The van der Waals surface area contributed by atoms with E-state index in [1.165, 1.54) is 11.3 Å². The quantitative estimate of drug-likeness (QED) is 0.660. The summed E-state index contributed by atoms with van der Waals surface area (Å²) >= 11 is 1.50. The Morgan fingerprint density at radius 2 is 2.25 bits per heavy atom. The molecule has 3 aromatic heterocycles. The molecular formula is C16H19N5O2S. The topological polar surface area (TPSA) is 91.5 Å². The zero-order valence-electron chi connectivity index (χ0n) is 13.4. The summed E-state index contributed by atoms with van der Waals surface area (Å²) < 4.78 is 1.83. The van der Waals surface area contributed by atoms with Gasteiger partial charge in [0.1, 0.15) is 5.60 Å². The summed E-state index contributed by atoms with van der Waals surface area (Å²) in [7, 11) is 0. The smallest absolute Gasteiger partial charge is 0.315 e. The largest absolute Gasteiger partial charge is 0.384 e. The van der Waals surface area contributed by atoms with Crippen molar-refractivity contribution in [2.45, 2.75) is 25.5 Å². The van der Waals surface area contributed by atoms with Crippen LogP contribution in [0.1, 0.15) is 31.3 Å². The van der Waals surface area contributed by atoms with E-state index in [-0.39, 0.29) is 18.6 Å². The summed E-state index contributed by atoms with van der Waals surface area (Å²) in [6.45, 7) is 3.62. The van der Waals surface area contributed by atoms with Gasteiger partial charge in [0.2, 0.25) is 0 Å². The molecule has 3 heterocycles. The van der Waals surface area contributed by atoms with Crippen LogP contribution in [0.25, 0.3) is 5.65 Å². The SMILES string of the molecule is C[C@@H](NC(=O)NC[C@](C)(O)c1ccsc1)c1nnc2ccccn12. The van der Waals surface area contributed by atoms with E-state index in [0.29, 0.717) is 5.82 Å². The molecule has 2 amide bonds. The number of aliphatic hydroxyl groups is 1. The lowest BCUT2D eigenvalue weighted by atomic mass is 9.99. The second-order valence-electron chi connectivity index (χ2n) is 5.82. The molecule has 0 radical (unpaired) electrons. The number of hydrogen-bond acceptors (Lipinski definition) is 5. The first-order valence-electron chi connectivity index (χ1n) is 7.56. The van der Waals surface area contributed by atoms with E-state index in [9.17, 15) is 9.90 Å². The third kappa shape index (κ3) is 3.39. The molecule has 24 heavy (non-hydrogen) atoms. The highest BCUT2D eigenvalue weighted by Crippen LogP contribution is 2.22. The van der Waals surface area contributed by atoms with E-state index in [0.717, 1.165) is 11.2 Å². The third-order valence-electron chi connectivity index (χ3n) is 3.81. The predicted octanol–water partition coefficient (Wildman–Crippen LogP) is 2.06. The number of urea groups is 1. The number of pyridine rings is 1. The van der Waals surface area contributed by atoms with Crippen LogP contribution in [0.3, 0.4) is 0 Å². The molecule has 0 aliphatic heterocycles. The van der Waals surface area contributed by atoms with Crippen LogP contribution in [0.2, 0.25) is 0 Å². The minimum absolute atomic E-state index is 0.114. The maximum atomic E-state index is 12.1. The lowest BCUT2D eigenvalue weighted by Gasteiger charge is -2.23. The zero-order chi connectivity index (χ0) is 17.2. The van der Waals surface area contributed by atoms with E-state index < -0.39 is 5.60 Å². The first-order chi connectivity index (χ1) is 11.5. The van der Waals surface area contributed by atoms with Gasteiger partial charge in [-0.15, -0.1) is 10.2 Å². The standard InChI is InChI=1S/C16H19N5O2S/c1-11(14-20-19-13-5-3-4-7-21(13)14)18-15(22)17-10-16(2,23)12-6-8-24-9-12/h3-9,11,23H,10H2,1-2H3,(H2,17,18,22)/t11-,16+/m1/s1. The molecule has 0 saturated carbocycles. The van der Waals surface area contributed by atoms with Gasteiger partial charge in [-0.2, -0.15) is 11.3 Å². The molecule has 0 aliphatic carbocycles. The van der Waals surface area contributed by atoms with Gasteiger partial charge in [0.15, 0.2) is 11.5 Å². The van der Waals surface area contributed by atoms with Gasteiger partial charge >= 0.3 is 6.03 Å². The predicted molar refractivity (Wildman–Crippen MR) is 91.8 cm³/mol. The molecule has 0 aliphatic rings. The van der Waals surface area contributed by atoms with E-state index in [1.54, 1.807) is 6.92 Å². The Labute approximate surface area is 143 Å². The Morgan fingerprint density at radius 1 is 1.42 bits per heavy atom. The highest BCUT2D eigenvalue weighted by molar-refractivity contribution is 7.08. The van der Waals surface area contributed by atoms with Crippen molar-refractivity contribution < 1.29 is 9.90 Å². The molecule has 0 unspecified atom stereocenters. The number of hydrogen-bond donors (Lipinski definition) is 3. The molecule has 7 nitrogen and oxygen atoms in total. The number of thiophene rings is 1. The first-order valence-corrected chi connectivity index (χ1v) is 8.51. The fraction of sp³-hybridized carbons (Fsp3) is 0.312. The van der Waals surface area contributed by atoms with E-state index in [4.69, 9.17) is 0 Å². The fourth-order valence-electron chi connectivity index (χ4n) is 2.39. The maximum absolute atomic E-state index is 12.1. The summed E-state index contributed by atoms with van der Waals surface area (Å²) in [6.07, 6.45) is 1.85. The maximum Gasteiger partial charge on any atom is 0.315 e. The Hall–Kier alpha value is -2.45. The molecule has 126 valence electrons. The Bertz CT molecular complexity index is 828. The minimum atomic E-state index is -1.11. The van der Waals surface area contributed by atoms with Gasteiger partial charge in [-0.05, 0) is 48.4 Å². The number of amides is 2. The molecule has 0 fully saturated rings. The van der Waals surface area contributed by atoms with Crippen molar-refractivity contribution in [3.05, 3.63) is 52.6 Å². The Morgan fingerprint density at radius 3 is 3.00 bits per heavy atom. The van der Waals surface area contributed by atoms with Crippen LogP contribution in [0, 0.1) is 0 Å². The van der Waals surface area contributed by atoms with E-state index >= 15 is 0 Å². The van der Waals surface area contributed by atoms with Crippen molar-refractivity contribution in [2.24, 2.45) is 0 Å². The van der Waals surface area contributed by atoms with Crippen molar-refractivity contribution in [1.29, 1.82) is 0 Å². The second kappa shape index (κ2) is 6.58. The molecule has 3 N–H and O–H groups in total. The van der Waals surface area contributed by atoms with Crippen molar-refractivity contribution in [2.75, 3.05) is 6.54 Å². The zero-order valence-corrected chi connectivity index (χ0v) is 14.2. The molecule has 0 aromatic carbocycles. The van der Waals surface area contributed by atoms with Crippen LogP contribution in [0.5, 0.6) is 0 Å². The summed E-state index contributed by atoms with van der Waals surface area (Å²) in [5.41, 5.74) is 0.397. The number of rotatable bonds is 5. The summed E-state index contributed by atoms with van der Waals surface area (Å²) in [5.74, 6) is 0.644. The van der Waals surface area contributed by atoms with Crippen LogP contribution in [-0.2, 0) is 5.60 Å². The first kappa shape index (κ1) is 16.4. The van der Waals surface area contributed by atoms with Crippen molar-refractivity contribution in [3.63, 3.8) is 0 Å². The van der Waals surface area contributed by atoms with Crippen LogP contribution >= 0.6 is 11.3 Å². The van der Waals surface area contributed by atoms with E-state index in [2.05, 4.69) is 20.8 Å². The summed E-state index contributed by atoms with van der Waals surface area (Å²) in [4.78, 5) is 12.1. The van der Waals surface area contributed by atoms with Gasteiger partial charge < -0.3 is 15.7 Å². The van der Waals surface area contributed by atoms with Gasteiger partial charge in [0.25, 0.3) is 0 Å². The number of carbonyl (C=O) groups is 1. The van der Waals surface area contributed by atoms with Crippen LogP contribution in [-0.4, -0.2) is 32.3 Å². The Balaban J connectivity index is 1.60. The second-order valence-corrected chi connectivity index (χ2v) is 6.60. The van der Waals surface area contributed by atoms with Crippen molar-refractivity contribution in [1.82, 2.24) is 25.2 Å². The highest BCUT2D eigenvalue weighted by Gasteiger charge is 2.24. The molecule has 0 saturated heterocycles. The normalized spacial score (nSPS) is 15.0. The molecule has 3 rings (SSSR count). The summed E-state index contributed by atoms with van der Waals surface area (Å²) in [6, 6.07) is 6.76. The molecule has 2 atom stereocenters. The van der Waals surface area contributed by atoms with Crippen molar-refractivity contribution in [3.8, 4) is 0 Å². The van der Waals surface area contributed by atoms with E-state index in [1.807, 2.05) is 52.5 Å². The van der Waals surface area contributed by atoms with Crippen LogP contribution in [0.4, 0.5) is 4.79 Å². The van der Waals surface area contributed by atoms with Gasteiger partial charge in [-0.1, -0.05) is 6.07 Å². The molecule has 0 spiro atoms. The molecule has 8 heteroatoms. The monoisotopic (exact) mass is 345 g/mol. The number of aromatic nitrogens is 3. The average Bonchev–Trinajstić information content (AvgIpc) is 3.22. The van der Waals surface area contributed by atoms with Gasteiger partial charge in [-0.25, -0.2) is 4.79 Å². The van der Waals surface area contributed by atoms with Gasteiger partial charge in [0.05, 0.1) is 12.6 Å². The van der Waals surface area contributed by atoms with Crippen LogP contribution < -0.4 is 10.6 Å². The third-order valence-corrected chi connectivity index (χ3v) is 4.49. The lowest BCUT2D eigenvalue weighted by Crippen LogP contribution is -2.44. The molecule has 0 bridgehead atoms. The molecule has 3 aromatic rings. The number of fused-ring (bicyclic) bond motifs is 1. The fourth-order valence-corrected chi connectivity index (χ4v) is 3.18. The molecular weight excluding hydrogens is 326 g/mol. The Kier molecular flexibility index (Phi) is 4.50. The minimum Gasteiger partial charge on any atom is -0.384 e.